The van der Waals surface area contributed by atoms with Gasteiger partial charge in [-0.05, 0) is 34.2 Å². The van der Waals surface area contributed by atoms with Crippen molar-refractivity contribution in [3.63, 3.8) is 0 Å². The van der Waals surface area contributed by atoms with Crippen LogP contribution in [-0.2, 0) is 4.43 Å². The molecule has 0 aromatic heterocycles. The Morgan fingerprint density at radius 1 is 1.31 bits per heavy atom. The van der Waals surface area contributed by atoms with E-state index in [2.05, 4.69) is 79.6 Å². The molecule has 0 fully saturated rings. The second kappa shape index (κ2) is 6.96. The van der Waals surface area contributed by atoms with Crippen LogP contribution in [0.1, 0.15) is 34.1 Å². The van der Waals surface area contributed by atoms with Crippen molar-refractivity contribution in [2.24, 2.45) is 0 Å². The summed E-state index contributed by atoms with van der Waals surface area (Å²) in [6.45, 7) is 14.3. The SMILES string of the molecule is CCC(/C=C/CO[Si](C)(C)C(C)(C)C)=C\I. The van der Waals surface area contributed by atoms with Crippen LogP contribution >= 0.6 is 22.6 Å². The fourth-order valence-corrected chi connectivity index (χ4v) is 2.50. The van der Waals surface area contributed by atoms with E-state index in [1.165, 1.54) is 5.57 Å². The molecule has 0 saturated carbocycles. The summed E-state index contributed by atoms with van der Waals surface area (Å²) < 4.78 is 8.18. The van der Waals surface area contributed by atoms with E-state index in [-0.39, 0.29) is 0 Å². The molecule has 0 aliphatic heterocycles. The van der Waals surface area contributed by atoms with Crippen molar-refractivity contribution < 1.29 is 4.43 Å². The summed E-state index contributed by atoms with van der Waals surface area (Å²) in [7, 11) is -1.57. The van der Waals surface area contributed by atoms with Crippen LogP contribution in [0.15, 0.2) is 21.8 Å². The van der Waals surface area contributed by atoms with Crippen LogP contribution in [0.3, 0.4) is 0 Å². The molecule has 94 valence electrons. The summed E-state index contributed by atoms with van der Waals surface area (Å²) >= 11 is 2.28. The highest BCUT2D eigenvalue weighted by molar-refractivity contribution is 14.1. The second-order valence-corrected chi connectivity index (χ2v) is 10.9. The summed E-state index contributed by atoms with van der Waals surface area (Å²) in [5, 5.41) is 0.299. The van der Waals surface area contributed by atoms with Crippen molar-refractivity contribution >= 4 is 30.9 Å². The Bertz CT molecular complexity index is 262. The molecule has 0 bridgehead atoms. The fraction of sp³-hybridized carbons (Fsp3) is 0.692. The lowest BCUT2D eigenvalue weighted by Crippen LogP contribution is -2.40. The van der Waals surface area contributed by atoms with E-state index in [1.807, 2.05) is 0 Å². The first kappa shape index (κ1) is 16.4. The summed E-state index contributed by atoms with van der Waals surface area (Å²) in [5.74, 6) is 0. The highest BCUT2D eigenvalue weighted by Gasteiger charge is 2.36. The predicted molar refractivity (Wildman–Crippen MR) is 84.7 cm³/mol. The van der Waals surface area contributed by atoms with Gasteiger partial charge in [-0.25, -0.2) is 0 Å². The first-order valence-electron chi connectivity index (χ1n) is 5.84. The number of rotatable bonds is 5. The van der Waals surface area contributed by atoms with E-state index in [4.69, 9.17) is 4.43 Å². The average molecular weight is 352 g/mol. The van der Waals surface area contributed by atoms with Gasteiger partial charge >= 0.3 is 0 Å². The molecule has 0 saturated heterocycles. The molecular formula is C13H25IOSi. The van der Waals surface area contributed by atoms with E-state index in [0.29, 0.717) is 5.04 Å². The lowest BCUT2D eigenvalue weighted by Gasteiger charge is -2.35. The van der Waals surface area contributed by atoms with Crippen LogP contribution in [0.5, 0.6) is 0 Å². The van der Waals surface area contributed by atoms with Crippen molar-refractivity contribution in [2.45, 2.75) is 52.2 Å². The maximum absolute atomic E-state index is 6.06. The van der Waals surface area contributed by atoms with E-state index in [9.17, 15) is 0 Å². The Labute approximate surface area is 116 Å². The molecule has 1 nitrogen and oxygen atoms in total. The molecule has 3 heteroatoms. The third kappa shape index (κ3) is 5.64. The Hall–Kier alpha value is 0.387. The summed E-state index contributed by atoms with van der Waals surface area (Å²) in [6.07, 6.45) is 5.38. The minimum absolute atomic E-state index is 0.299. The normalized spacial score (nSPS) is 14.8. The van der Waals surface area contributed by atoms with Crippen LogP contribution in [0.4, 0.5) is 0 Å². The van der Waals surface area contributed by atoms with Crippen molar-refractivity contribution in [1.82, 2.24) is 0 Å². The highest BCUT2D eigenvalue weighted by Crippen LogP contribution is 2.36. The van der Waals surface area contributed by atoms with Gasteiger partial charge in [0.1, 0.15) is 0 Å². The molecule has 16 heavy (non-hydrogen) atoms. The molecule has 0 heterocycles. The molecule has 0 N–H and O–H groups in total. The molecule has 0 radical (unpaired) electrons. The van der Waals surface area contributed by atoms with Crippen LogP contribution < -0.4 is 0 Å². The average Bonchev–Trinajstić information content (AvgIpc) is 2.16. The zero-order valence-electron chi connectivity index (χ0n) is 11.4. The van der Waals surface area contributed by atoms with Gasteiger partial charge in [0, 0.05) is 0 Å². The quantitative estimate of drug-likeness (QED) is 0.371. The molecule has 0 atom stereocenters. The van der Waals surface area contributed by atoms with Gasteiger partial charge < -0.3 is 4.43 Å². The van der Waals surface area contributed by atoms with Crippen LogP contribution in [0.2, 0.25) is 18.1 Å². The van der Waals surface area contributed by atoms with Crippen LogP contribution in [0.25, 0.3) is 0 Å². The van der Waals surface area contributed by atoms with Crippen molar-refractivity contribution in [2.75, 3.05) is 6.61 Å². The maximum atomic E-state index is 6.06. The molecule has 0 aromatic carbocycles. The van der Waals surface area contributed by atoms with Gasteiger partial charge in [0.25, 0.3) is 0 Å². The van der Waals surface area contributed by atoms with E-state index < -0.39 is 8.32 Å². The number of allylic oxidation sites excluding steroid dienone is 2. The van der Waals surface area contributed by atoms with Gasteiger partial charge in [-0.3, -0.25) is 0 Å². The Morgan fingerprint density at radius 3 is 2.25 bits per heavy atom. The van der Waals surface area contributed by atoms with E-state index >= 15 is 0 Å². The summed E-state index contributed by atoms with van der Waals surface area (Å²) in [5.41, 5.74) is 1.36. The number of halogens is 1. The van der Waals surface area contributed by atoms with Gasteiger partial charge in [0.05, 0.1) is 6.61 Å². The minimum atomic E-state index is -1.57. The predicted octanol–water partition coefficient (Wildman–Crippen LogP) is 5.29. The lowest BCUT2D eigenvalue weighted by molar-refractivity contribution is 0.328. The standard InChI is InChI=1S/C13H25IOSi/c1-7-12(11-14)9-8-10-15-16(5,6)13(2,3)4/h8-9,11H,7,10H2,1-6H3/b9-8+,12-11+. The van der Waals surface area contributed by atoms with Crippen molar-refractivity contribution in [1.29, 1.82) is 0 Å². The third-order valence-corrected chi connectivity index (χ3v) is 8.53. The van der Waals surface area contributed by atoms with Crippen LogP contribution in [0, 0.1) is 0 Å². The van der Waals surface area contributed by atoms with E-state index in [0.717, 1.165) is 13.0 Å². The molecule has 0 unspecified atom stereocenters. The van der Waals surface area contributed by atoms with Gasteiger partial charge in [-0.1, -0.05) is 62.4 Å². The van der Waals surface area contributed by atoms with E-state index in [1.54, 1.807) is 0 Å². The second-order valence-electron chi connectivity index (χ2n) is 5.51. The Morgan fingerprint density at radius 2 is 1.88 bits per heavy atom. The van der Waals surface area contributed by atoms with Gasteiger partial charge in [0.2, 0.25) is 0 Å². The maximum Gasteiger partial charge on any atom is 0.192 e. The number of hydrogen-bond donors (Lipinski definition) is 0. The molecule has 0 rings (SSSR count). The van der Waals surface area contributed by atoms with Gasteiger partial charge in [-0.15, -0.1) is 0 Å². The summed E-state index contributed by atoms with van der Waals surface area (Å²) in [6, 6.07) is 0. The van der Waals surface area contributed by atoms with Crippen molar-refractivity contribution in [3.05, 3.63) is 21.8 Å². The summed E-state index contributed by atoms with van der Waals surface area (Å²) in [4.78, 5) is 0. The Balaban J connectivity index is 4.18. The molecule has 0 aliphatic carbocycles. The minimum Gasteiger partial charge on any atom is -0.413 e. The fourth-order valence-electron chi connectivity index (χ4n) is 0.904. The molecule has 0 spiro atoms. The molecule has 0 aromatic rings. The van der Waals surface area contributed by atoms with Crippen LogP contribution in [-0.4, -0.2) is 14.9 Å². The first-order valence-corrected chi connectivity index (χ1v) is 9.99. The monoisotopic (exact) mass is 352 g/mol. The lowest BCUT2D eigenvalue weighted by atomic mass is 10.2. The van der Waals surface area contributed by atoms with Crippen molar-refractivity contribution in [3.8, 4) is 0 Å². The highest BCUT2D eigenvalue weighted by atomic mass is 127. The zero-order chi connectivity index (χ0) is 12.8. The largest absolute Gasteiger partial charge is 0.413 e. The molecule has 0 amide bonds. The first-order chi connectivity index (χ1) is 7.24. The topological polar surface area (TPSA) is 9.23 Å². The smallest absolute Gasteiger partial charge is 0.192 e. The Kier molecular flexibility index (Phi) is 7.13. The van der Waals surface area contributed by atoms with Gasteiger partial charge in [-0.2, -0.15) is 0 Å². The third-order valence-electron chi connectivity index (χ3n) is 3.23. The number of hydrogen-bond acceptors (Lipinski definition) is 1. The molecule has 0 aliphatic rings. The molecular weight excluding hydrogens is 327 g/mol. The zero-order valence-corrected chi connectivity index (χ0v) is 14.6. The van der Waals surface area contributed by atoms with Gasteiger partial charge in [0.15, 0.2) is 8.32 Å².